The van der Waals surface area contributed by atoms with Crippen molar-refractivity contribution in [2.24, 2.45) is 0 Å². The van der Waals surface area contributed by atoms with Gasteiger partial charge in [0.2, 0.25) is 10.0 Å². The van der Waals surface area contributed by atoms with Crippen molar-refractivity contribution in [1.29, 1.82) is 0 Å². The number of pyridine rings is 1. The van der Waals surface area contributed by atoms with Crippen molar-refractivity contribution in [3.63, 3.8) is 0 Å². The molecule has 142 valence electrons. The van der Waals surface area contributed by atoms with Crippen LogP contribution in [0.1, 0.15) is 51.2 Å². The molecule has 0 radical (unpaired) electrons. The normalized spacial score (nSPS) is 17.1. The third kappa shape index (κ3) is 3.45. The molecule has 1 aromatic carbocycles. The van der Waals surface area contributed by atoms with Gasteiger partial charge in [0, 0.05) is 29.4 Å². The van der Waals surface area contributed by atoms with Gasteiger partial charge in [-0.05, 0) is 64.7 Å². The van der Waals surface area contributed by atoms with Crippen LogP contribution in [-0.2, 0) is 10.0 Å². The highest BCUT2D eigenvalue weighted by atomic mass is 32.2. The Hall–Kier alpha value is -1.66. The van der Waals surface area contributed by atoms with E-state index in [1.807, 2.05) is 26.8 Å². The van der Waals surface area contributed by atoms with Gasteiger partial charge < -0.3 is 5.32 Å². The maximum Gasteiger partial charge on any atom is 0.219 e. The summed E-state index contributed by atoms with van der Waals surface area (Å²) in [5.41, 5.74) is 3.80. The number of benzene rings is 1. The van der Waals surface area contributed by atoms with E-state index in [4.69, 9.17) is 0 Å². The summed E-state index contributed by atoms with van der Waals surface area (Å²) in [7, 11) is -3.41. The molecule has 5 nitrogen and oxygen atoms in total. The van der Waals surface area contributed by atoms with Crippen LogP contribution < -0.4 is 10.0 Å². The first-order chi connectivity index (χ1) is 12.0. The van der Waals surface area contributed by atoms with Crippen LogP contribution in [-0.4, -0.2) is 30.2 Å². The fourth-order valence-electron chi connectivity index (χ4n) is 3.49. The van der Waals surface area contributed by atoms with Gasteiger partial charge in [-0.2, -0.15) is 0 Å². The van der Waals surface area contributed by atoms with Crippen LogP contribution in [0.25, 0.3) is 10.9 Å². The summed E-state index contributed by atoms with van der Waals surface area (Å²) in [6.07, 6.45) is 4.10. The molecule has 0 amide bonds. The maximum atomic E-state index is 13.0. The Morgan fingerprint density at radius 3 is 2.42 bits per heavy atom. The highest BCUT2D eigenvalue weighted by Gasteiger charge is 2.49. The molecule has 2 aromatic rings. The second-order valence-electron chi connectivity index (χ2n) is 8.51. The Morgan fingerprint density at radius 1 is 1.15 bits per heavy atom. The summed E-state index contributed by atoms with van der Waals surface area (Å²) >= 11 is 0. The molecule has 1 fully saturated rings. The lowest BCUT2D eigenvalue weighted by Crippen LogP contribution is -2.58. The van der Waals surface area contributed by atoms with Crippen molar-refractivity contribution in [2.75, 3.05) is 11.9 Å². The van der Waals surface area contributed by atoms with Gasteiger partial charge in [0.25, 0.3) is 0 Å². The van der Waals surface area contributed by atoms with E-state index in [1.165, 1.54) is 5.56 Å². The molecular weight excluding hydrogens is 346 g/mol. The van der Waals surface area contributed by atoms with Gasteiger partial charge in [-0.3, -0.25) is 4.98 Å². The second kappa shape index (κ2) is 6.50. The SMILES string of the molecule is Cc1ccc2c(NCC3(S(=O)(=O)NC(C)(C)C)CCC3)ccnc2c1C. The van der Waals surface area contributed by atoms with Crippen LogP contribution in [0, 0.1) is 13.8 Å². The molecule has 2 N–H and O–H groups in total. The average Bonchev–Trinajstić information content (AvgIpc) is 2.47. The predicted molar refractivity (Wildman–Crippen MR) is 108 cm³/mol. The molecule has 0 spiro atoms. The number of aromatic nitrogens is 1. The Balaban J connectivity index is 1.88. The average molecular weight is 376 g/mol. The fraction of sp³-hybridized carbons (Fsp3) is 0.550. The molecule has 1 aliphatic carbocycles. The van der Waals surface area contributed by atoms with Crippen LogP contribution in [0.3, 0.4) is 0 Å². The van der Waals surface area contributed by atoms with Gasteiger partial charge in [-0.1, -0.05) is 18.6 Å². The minimum Gasteiger partial charge on any atom is -0.383 e. The number of nitrogens with zero attached hydrogens (tertiary/aromatic N) is 1. The summed E-state index contributed by atoms with van der Waals surface area (Å²) in [5, 5.41) is 4.44. The standard InChI is InChI=1S/C20H29N3O2S/c1-14-7-8-16-17(9-12-21-18(16)15(14)2)22-13-20(10-6-11-20)26(24,25)23-19(3,4)5/h7-9,12,23H,6,10-11,13H2,1-5H3,(H,21,22). The highest BCUT2D eigenvalue weighted by Crippen LogP contribution is 2.40. The topological polar surface area (TPSA) is 71.1 Å². The largest absolute Gasteiger partial charge is 0.383 e. The number of rotatable bonds is 5. The van der Waals surface area contributed by atoms with E-state index in [2.05, 4.69) is 41.0 Å². The summed E-state index contributed by atoms with van der Waals surface area (Å²) < 4.78 is 28.0. The quantitative estimate of drug-likeness (QED) is 0.831. The van der Waals surface area contributed by atoms with Gasteiger partial charge in [0.1, 0.15) is 4.75 Å². The van der Waals surface area contributed by atoms with E-state index >= 15 is 0 Å². The molecular formula is C20H29N3O2S. The zero-order chi connectivity index (χ0) is 19.2. The van der Waals surface area contributed by atoms with Gasteiger partial charge in [0.05, 0.1) is 5.52 Å². The zero-order valence-electron chi connectivity index (χ0n) is 16.3. The van der Waals surface area contributed by atoms with E-state index in [0.717, 1.165) is 28.6 Å². The summed E-state index contributed by atoms with van der Waals surface area (Å²) in [5.74, 6) is 0. The summed E-state index contributed by atoms with van der Waals surface area (Å²) in [6, 6.07) is 6.07. The van der Waals surface area contributed by atoms with Gasteiger partial charge >= 0.3 is 0 Å². The smallest absolute Gasteiger partial charge is 0.219 e. The van der Waals surface area contributed by atoms with Crippen LogP contribution in [0.2, 0.25) is 0 Å². The molecule has 1 aromatic heterocycles. The van der Waals surface area contributed by atoms with Crippen LogP contribution in [0.5, 0.6) is 0 Å². The van der Waals surface area contributed by atoms with E-state index in [9.17, 15) is 8.42 Å². The number of aryl methyl sites for hydroxylation is 2. The lowest BCUT2D eigenvalue weighted by atomic mass is 9.84. The molecule has 1 heterocycles. The molecule has 0 saturated heterocycles. The number of fused-ring (bicyclic) bond motifs is 1. The number of hydrogen-bond acceptors (Lipinski definition) is 4. The van der Waals surface area contributed by atoms with E-state index in [-0.39, 0.29) is 0 Å². The van der Waals surface area contributed by atoms with Crippen molar-refractivity contribution < 1.29 is 8.42 Å². The molecule has 0 atom stereocenters. The maximum absolute atomic E-state index is 13.0. The Bertz CT molecular complexity index is 926. The summed E-state index contributed by atoms with van der Waals surface area (Å²) in [6.45, 7) is 10.2. The van der Waals surface area contributed by atoms with Crippen molar-refractivity contribution >= 4 is 26.6 Å². The molecule has 1 aliphatic rings. The monoisotopic (exact) mass is 375 g/mol. The van der Waals surface area contributed by atoms with Crippen molar-refractivity contribution in [3.05, 3.63) is 35.5 Å². The highest BCUT2D eigenvalue weighted by molar-refractivity contribution is 7.91. The van der Waals surface area contributed by atoms with Gasteiger partial charge in [-0.15, -0.1) is 0 Å². The molecule has 1 saturated carbocycles. The molecule has 6 heteroatoms. The van der Waals surface area contributed by atoms with Crippen LogP contribution in [0.4, 0.5) is 5.69 Å². The van der Waals surface area contributed by atoms with E-state index < -0.39 is 20.3 Å². The van der Waals surface area contributed by atoms with E-state index in [0.29, 0.717) is 19.4 Å². The first-order valence-corrected chi connectivity index (χ1v) is 10.7. The lowest BCUT2D eigenvalue weighted by Gasteiger charge is -2.42. The zero-order valence-corrected chi connectivity index (χ0v) is 17.1. The fourth-order valence-corrected chi connectivity index (χ4v) is 5.61. The first kappa shape index (κ1) is 19.1. The molecule has 3 rings (SSSR count). The van der Waals surface area contributed by atoms with Gasteiger partial charge in [0.15, 0.2) is 0 Å². The second-order valence-corrected chi connectivity index (χ2v) is 10.6. The van der Waals surface area contributed by atoms with Crippen molar-refractivity contribution in [2.45, 2.75) is 64.2 Å². The minimum absolute atomic E-state index is 0.407. The molecule has 0 unspecified atom stereocenters. The molecule has 0 aliphatic heterocycles. The van der Waals surface area contributed by atoms with Crippen LogP contribution >= 0.6 is 0 Å². The number of hydrogen-bond donors (Lipinski definition) is 2. The number of sulfonamides is 1. The number of nitrogens with one attached hydrogen (secondary N) is 2. The molecule has 0 bridgehead atoms. The Kier molecular flexibility index (Phi) is 4.78. The van der Waals surface area contributed by atoms with E-state index in [1.54, 1.807) is 6.20 Å². The minimum atomic E-state index is -3.41. The number of anilines is 1. The predicted octanol–water partition coefficient (Wildman–Crippen LogP) is 3.90. The lowest BCUT2D eigenvalue weighted by molar-refractivity contribution is 0.339. The Labute approximate surface area is 156 Å². The Morgan fingerprint density at radius 2 is 1.85 bits per heavy atom. The summed E-state index contributed by atoms with van der Waals surface area (Å²) in [4.78, 5) is 4.51. The third-order valence-corrected chi connectivity index (χ3v) is 7.89. The van der Waals surface area contributed by atoms with Crippen LogP contribution in [0.15, 0.2) is 24.4 Å². The van der Waals surface area contributed by atoms with Crippen molar-refractivity contribution in [1.82, 2.24) is 9.71 Å². The first-order valence-electron chi connectivity index (χ1n) is 9.17. The van der Waals surface area contributed by atoms with Crippen molar-refractivity contribution in [3.8, 4) is 0 Å². The molecule has 26 heavy (non-hydrogen) atoms. The van der Waals surface area contributed by atoms with Gasteiger partial charge in [-0.25, -0.2) is 13.1 Å². The third-order valence-electron chi connectivity index (χ3n) is 5.31.